The second kappa shape index (κ2) is 6.37. The molecule has 2 rings (SSSR count). The third-order valence-electron chi connectivity index (χ3n) is 2.87. The summed E-state index contributed by atoms with van der Waals surface area (Å²) in [4.78, 5) is 5.21. The number of nitrogens with one attached hydrogen (secondary N) is 1. The van der Waals surface area contributed by atoms with Crippen LogP contribution >= 0.6 is 11.3 Å². The molecule has 1 heterocycles. The Morgan fingerprint density at radius 3 is 2.65 bits per heavy atom. The molecule has 0 aliphatic carbocycles. The molecule has 1 aromatic heterocycles. The molecule has 1 N–H and O–H groups in total. The Morgan fingerprint density at radius 1 is 1.20 bits per heavy atom. The molecule has 0 bridgehead atoms. The molecule has 2 aromatic rings. The third kappa shape index (κ3) is 3.02. The molecule has 0 atom stereocenters. The average molecular weight is 300 g/mol. The topological polar surface area (TPSA) is 24.9 Å². The number of aryl methyl sites for hydroxylation is 1. The highest BCUT2D eigenvalue weighted by atomic mass is 32.1. The highest BCUT2D eigenvalue weighted by Gasteiger charge is 2.18. The predicted molar refractivity (Wildman–Crippen MR) is 74.2 cm³/mol. The van der Waals surface area contributed by atoms with E-state index in [0.29, 0.717) is 11.6 Å². The van der Waals surface area contributed by atoms with E-state index in [4.69, 9.17) is 0 Å². The lowest BCUT2D eigenvalue weighted by Crippen LogP contribution is -2.13. The van der Waals surface area contributed by atoms with Gasteiger partial charge >= 0.3 is 0 Å². The fraction of sp³-hybridized carbons (Fsp3) is 0.357. The van der Waals surface area contributed by atoms with Crippen LogP contribution in [-0.2, 0) is 6.54 Å². The SMILES string of the molecule is CCCNCc1sc(-c2ccc(F)c(F)c2F)nc1C. The zero-order valence-corrected chi connectivity index (χ0v) is 12.1. The fourth-order valence-corrected chi connectivity index (χ4v) is 2.83. The third-order valence-corrected chi connectivity index (χ3v) is 4.06. The summed E-state index contributed by atoms with van der Waals surface area (Å²) in [6.07, 6.45) is 1.02. The lowest BCUT2D eigenvalue weighted by molar-refractivity contribution is 0.449. The summed E-state index contributed by atoms with van der Waals surface area (Å²) in [6.45, 7) is 5.41. The van der Waals surface area contributed by atoms with Crippen LogP contribution < -0.4 is 5.32 Å². The van der Waals surface area contributed by atoms with Crippen LogP contribution in [0.4, 0.5) is 13.2 Å². The van der Waals surface area contributed by atoms with Crippen molar-refractivity contribution in [3.63, 3.8) is 0 Å². The minimum absolute atomic E-state index is 0.00117. The van der Waals surface area contributed by atoms with Gasteiger partial charge in [0.15, 0.2) is 17.5 Å². The van der Waals surface area contributed by atoms with Gasteiger partial charge in [-0.05, 0) is 32.0 Å². The molecule has 0 aliphatic heterocycles. The van der Waals surface area contributed by atoms with Crippen LogP contribution in [0.1, 0.15) is 23.9 Å². The van der Waals surface area contributed by atoms with Gasteiger partial charge in [0.2, 0.25) is 0 Å². The number of halogens is 3. The van der Waals surface area contributed by atoms with Crippen molar-refractivity contribution in [3.8, 4) is 10.6 Å². The van der Waals surface area contributed by atoms with Gasteiger partial charge in [-0.2, -0.15) is 0 Å². The molecular weight excluding hydrogens is 285 g/mol. The first kappa shape index (κ1) is 15.0. The van der Waals surface area contributed by atoms with Gasteiger partial charge in [0.1, 0.15) is 5.01 Å². The summed E-state index contributed by atoms with van der Waals surface area (Å²) in [5.74, 6) is -3.84. The highest BCUT2D eigenvalue weighted by Crippen LogP contribution is 2.31. The monoisotopic (exact) mass is 300 g/mol. The Bertz CT molecular complexity index is 611. The van der Waals surface area contributed by atoms with E-state index in [-0.39, 0.29) is 5.56 Å². The normalized spacial score (nSPS) is 11.1. The van der Waals surface area contributed by atoms with E-state index in [1.807, 2.05) is 6.92 Å². The molecule has 0 saturated heterocycles. The van der Waals surface area contributed by atoms with Crippen LogP contribution in [0.15, 0.2) is 12.1 Å². The molecule has 0 fully saturated rings. The zero-order valence-electron chi connectivity index (χ0n) is 11.3. The number of thiazole rings is 1. The number of nitrogens with zero attached hydrogens (tertiary/aromatic N) is 1. The standard InChI is InChI=1S/C14H15F3N2S/c1-3-6-18-7-11-8(2)19-14(20-11)9-4-5-10(15)13(17)12(9)16/h4-5,18H,3,6-7H2,1-2H3. The number of rotatable bonds is 5. The number of hydrogen-bond acceptors (Lipinski definition) is 3. The smallest absolute Gasteiger partial charge is 0.195 e. The Hall–Kier alpha value is -1.40. The molecule has 0 radical (unpaired) electrons. The van der Waals surface area contributed by atoms with Gasteiger partial charge < -0.3 is 5.32 Å². The van der Waals surface area contributed by atoms with E-state index in [1.54, 1.807) is 0 Å². The maximum Gasteiger partial charge on any atom is 0.195 e. The predicted octanol–water partition coefficient (Wildman–Crippen LogP) is 4.04. The molecule has 0 amide bonds. The highest BCUT2D eigenvalue weighted by molar-refractivity contribution is 7.15. The summed E-state index contributed by atoms with van der Waals surface area (Å²) in [5.41, 5.74) is 0.775. The second-order valence-electron chi connectivity index (χ2n) is 4.43. The second-order valence-corrected chi connectivity index (χ2v) is 5.51. The summed E-state index contributed by atoms with van der Waals surface area (Å²) in [5, 5.41) is 3.60. The Labute approximate surface area is 119 Å². The van der Waals surface area contributed by atoms with Crippen LogP contribution in [0.2, 0.25) is 0 Å². The maximum absolute atomic E-state index is 13.7. The molecule has 20 heavy (non-hydrogen) atoms. The lowest BCUT2D eigenvalue weighted by Gasteiger charge is -2.01. The van der Waals surface area contributed by atoms with Crippen LogP contribution in [-0.4, -0.2) is 11.5 Å². The molecule has 108 valence electrons. The number of hydrogen-bond donors (Lipinski definition) is 1. The van der Waals surface area contributed by atoms with Crippen molar-refractivity contribution in [2.75, 3.05) is 6.54 Å². The van der Waals surface area contributed by atoms with E-state index >= 15 is 0 Å². The summed E-state index contributed by atoms with van der Waals surface area (Å²) >= 11 is 1.29. The number of benzene rings is 1. The van der Waals surface area contributed by atoms with Gasteiger partial charge in [0.25, 0.3) is 0 Å². The van der Waals surface area contributed by atoms with Crippen LogP contribution in [0.25, 0.3) is 10.6 Å². The van der Waals surface area contributed by atoms with Crippen molar-refractivity contribution in [1.82, 2.24) is 10.3 Å². The van der Waals surface area contributed by atoms with E-state index in [0.717, 1.165) is 29.6 Å². The molecule has 6 heteroatoms. The van der Waals surface area contributed by atoms with E-state index < -0.39 is 17.5 Å². The first-order chi connectivity index (χ1) is 9.54. The number of aromatic nitrogens is 1. The molecule has 0 saturated carbocycles. The van der Waals surface area contributed by atoms with Gasteiger partial charge in [-0.3, -0.25) is 0 Å². The first-order valence-electron chi connectivity index (χ1n) is 6.35. The molecule has 1 aromatic carbocycles. The van der Waals surface area contributed by atoms with Crippen molar-refractivity contribution in [1.29, 1.82) is 0 Å². The van der Waals surface area contributed by atoms with E-state index in [2.05, 4.69) is 17.2 Å². The lowest BCUT2D eigenvalue weighted by atomic mass is 10.2. The minimum atomic E-state index is -1.46. The Morgan fingerprint density at radius 2 is 1.95 bits per heavy atom. The molecule has 2 nitrogen and oxygen atoms in total. The van der Waals surface area contributed by atoms with Crippen LogP contribution in [0.3, 0.4) is 0 Å². The van der Waals surface area contributed by atoms with Gasteiger partial charge in [-0.1, -0.05) is 6.92 Å². The summed E-state index contributed by atoms with van der Waals surface area (Å²) in [6, 6.07) is 2.13. The van der Waals surface area contributed by atoms with Crippen molar-refractivity contribution in [2.45, 2.75) is 26.8 Å². The van der Waals surface area contributed by atoms with Crippen molar-refractivity contribution in [2.24, 2.45) is 0 Å². The Balaban J connectivity index is 2.30. The average Bonchev–Trinajstić information content (AvgIpc) is 2.78. The quantitative estimate of drug-likeness (QED) is 0.666. The fourth-order valence-electron chi connectivity index (χ4n) is 1.78. The van der Waals surface area contributed by atoms with Gasteiger partial charge in [0, 0.05) is 17.0 Å². The molecule has 0 unspecified atom stereocenters. The maximum atomic E-state index is 13.7. The first-order valence-corrected chi connectivity index (χ1v) is 7.17. The largest absolute Gasteiger partial charge is 0.312 e. The van der Waals surface area contributed by atoms with Gasteiger partial charge in [0.05, 0.1) is 5.69 Å². The van der Waals surface area contributed by atoms with Crippen molar-refractivity contribution < 1.29 is 13.2 Å². The zero-order chi connectivity index (χ0) is 14.7. The van der Waals surface area contributed by atoms with Crippen LogP contribution in [0, 0.1) is 24.4 Å². The summed E-state index contributed by atoms with van der Waals surface area (Å²) < 4.78 is 39.9. The van der Waals surface area contributed by atoms with Crippen LogP contribution in [0.5, 0.6) is 0 Å². The van der Waals surface area contributed by atoms with E-state index in [9.17, 15) is 13.2 Å². The molecule has 0 spiro atoms. The van der Waals surface area contributed by atoms with E-state index in [1.165, 1.54) is 17.4 Å². The van der Waals surface area contributed by atoms with Gasteiger partial charge in [-0.25, -0.2) is 18.2 Å². The molecule has 0 aliphatic rings. The van der Waals surface area contributed by atoms with Gasteiger partial charge in [-0.15, -0.1) is 11.3 Å². The van der Waals surface area contributed by atoms with Crippen molar-refractivity contribution >= 4 is 11.3 Å². The Kier molecular flexibility index (Phi) is 4.77. The van der Waals surface area contributed by atoms with Crippen molar-refractivity contribution in [3.05, 3.63) is 40.2 Å². The molecular formula is C14H15F3N2S. The minimum Gasteiger partial charge on any atom is -0.312 e. The summed E-state index contributed by atoms with van der Waals surface area (Å²) in [7, 11) is 0.